The third-order valence-corrected chi connectivity index (χ3v) is 2.56. The van der Waals surface area contributed by atoms with Crippen LogP contribution in [-0.4, -0.2) is 51.8 Å². The van der Waals surface area contributed by atoms with Crippen LogP contribution in [0.4, 0.5) is 0 Å². The maximum absolute atomic E-state index is 4.97. The third-order valence-electron chi connectivity index (χ3n) is 2.56. The lowest BCUT2D eigenvalue weighted by molar-refractivity contribution is 0.197. The maximum atomic E-state index is 4.97. The Kier molecular flexibility index (Phi) is 10.3. The van der Waals surface area contributed by atoms with Gasteiger partial charge in [0.2, 0.25) is 0 Å². The first-order valence-electron chi connectivity index (χ1n) is 6.08. The summed E-state index contributed by atoms with van der Waals surface area (Å²) in [4.78, 5) is 2.40. The number of likely N-dealkylation sites (N-methyl/N-ethyl adjacent to an activating group) is 1. The minimum atomic E-state index is 0.802. The van der Waals surface area contributed by atoms with Crippen molar-refractivity contribution in [3.8, 4) is 0 Å². The van der Waals surface area contributed by atoms with Gasteiger partial charge in [0.25, 0.3) is 0 Å². The van der Waals surface area contributed by atoms with Crippen molar-refractivity contribution in [1.82, 2.24) is 10.2 Å². The fourth-order valence-corrected chi connectivity index (χ4v) is 1.78. The zero-order valence-electron chi connectivity index (χ0n) is 10.9. The molecule has 0 spiro atoms. The van der Waals surface area contributed by atoms with Gasteiger partial charge in [0, 0.05) is 33.3 Å². The molecule has 1 N–H and O–H groups in total. The van der Waals surface area contributed by atoms with E-state index in [1.807, 2.05) is 0 Å². The van der Waals surface area contributed by atoms with Crippen molar-refractivity contribution >= 4 is 0 Å². The van der Waals surface area contributed by atoms with Crippen LogP contribution >= 0.6 is 0 Å². The fourth-order valence-electron chi connectivity index (χ4n) is 1.78. The van der Waals surface area contributed by atoms with Crippen LogP contribution in [0.1, 0.15) is 26.7 Å². The molecule has 15 heavy (non-hydrogen) atoms. The van der Waals surface area contributed by atoms with Crippen LogP contribution in [0, 0.1) is 5.92 Å². The van der Waals surface area contributed by atoms with Gasteiger partial charge >= 0.3 is 0 Å². The minimum Gasteiger partial charge on any atom is -0.383 e. The van der Waals surface area contributed by atoms with E-state index in [1.165, 1.54) is 19.4 Å². The van der Waals surface area contributed by atoms with Gasteiger partial charge < -0.3 is 15.0 Å². The lowest BCUT2D eigenvalue weighted by Crippen LogP contribution is -2.33. The monoisotopic (exact) mass is 216 g/mol. The first-order chi connectivity index (χ1) is 7.20. The van der Waals surface area contributed by atoms with E-state index in [4.69, 9.17) is 4.74 Å². The van der Waals surface area contributed by atoms with Gasteiger partial charge in [-0.15, -0.1) is 0 Å². The molecule has 0 bridgehead atoms. The Morgan fingerprint density at radius 2 is 2.07 bits per heavy atom. The Morgan fingerprint density at radius 3 is 2.67 bits per heavy atom. The number of methoxy groups -OCH3 is 1. The Labute approximate surface area is 95.2 Å². The standard InChI is InChI=1S/C12H28N2O/c1-5-6-12(2)11-14(3)9-7-13-8-10-15-4/h12-13H,5-11H2,1-4H3. The summed E-state index contributed by atoms with van der Waals surface area (Å²) in [6, 6.07) is 0. The van der Waals surface area contributed by atoms with Crippen LogP contribution in [0.25, 0.3) is 0 Å². The normalized spacial score (nSPS) is 13.4. The summed E-state index contributed by atoms with van der Waals surface area (Å²) in [6.45, 7) is 9.72. The lowest BCUT2D eigenvalue weighted by Gasteiger charge is -2.21. The van der Waals surface area contributed by atoms with E-state index < -0.39 is 0 Å². The van der Waals surface area contributed by atoms with Crippen LogP contribution in [0.3, 0.4) is 0 Å². The van der Waals surface area contributed by atoms with Crippen molar-refractivity contribution in [2.24, 2.45) is 5.92 Å². The first-order valence-corrected chi connectivity index (χ1v) is 6.08. The zero-order chi connectivity index (χ0) is 11.5. The summed E-state index contributed by atoms with van der Waals surface area (Å²) in [6.07, 6.45) is 2.63. The minimum absolute atomic E-state index is 0.802. The van der Waals surface area contributed by atoms with Gasteiger partial charge in [-0.3, -0.25) is 0 Å². The molecular weight excluding hydrogens is 188 g/mol. The van der Waals surface area contributed by atoms with Crippen molar-refractivity contribution < 1.29 is 4.74 Å². The van der Waals surface area contributed by atoms with Gasteiger partial charge in [-0.25, -0.2) is 0 Å². The number of nitrogens with one attached hydrogen (secondary N) is 1. The van der Waals surface area contributed by atoms with Crippen LogP contribution in [0.5, 0.6) is 0 Å². The number of ether oxygens (including phenoxy) is 1. The average molecular weight is 216 g/mol. The molecule has 1 unspecified atom stereocenters. The van der Waals surface area contributed by atoms with E-state index in [-0.39, 0.29) is 0 Å². The molecule has 0 aliphatic heterocycles. The second-order valence-electron chi connectivity index (χ2n) is 4.40. The molecule has 3 nitrogen and oxygen atoms in total. The van der Waals surface area contributed by atoms with E-state index in [2.05, 4.69) is 31.1 Å². The Balaban J connectivity index is 3.28. The molecule has 0 aromatic rings. The summed E-state index contributed by atoms with van der Waals surface area (Å²) in [5.41, 5.74) is 0. The molecule has 0 aromatic carbocycles. The number of rotatable bonds is 10. The molecule has 1 atom stereocenters. The van der Waals surface area contributed by atoms with Gasteiger partial charge in [-0.2, -0.15) is 0 Å². The van der Waals surface area contributed by atoms with Crippen molar-refractivity contribution in [2.75, 3.05) is 46.9 Å². The molecule has 0 radical (unpaired) electrons. The van der Waals surface area contributed by atoms with Crippen molar-refractivity contribution in [3.05, 3.63) is 0 Å². The topological polar surface area (TPSA) is 24.5 Å². The Hall–Kier alpha value is -0.120. The molecule has 92 valence electrons. The fraction of sp³-hybridized carbons (Fsp3) is 1.00. The van der Waals surface area contributed by atoms with E-state index in [9.17, 15) is 0 Å². The highest BCUT2D eigenvalue weighted by molar-refractivity contribution is 4.60. The van der Waals surface area contributed by atoms with Gasteiger partial charge in [-0.1, -0.05) is 20.3 Å². The van der Waals surface area contributed by atoms with E-state index in [1.54, 1.807) is 7.11 Å². The van der Waals surface area contributed by atoms with E-state index in [0.717, 1.165) is 32.2 Å². The third kappa shape index (κ3) is 10.2. The number of hydrogen-bond acceptors (Lipinski definition) is 3. The molecular formula is C12H28N2O. The zero-order valence-corrected chi connectivity index (χ0v) is 10.9. The average Bonchev–Trinajstić information content (AvgIpc) is 2.17. The number of nitrogens with zero attached hydrogens (tertiary/aromatic N) is 1. The highest BCUT2D eigenvalue weighted by Crippen LogP contribution is 2.05. The molecule has 0 saturated heterocycles. The Bertz CT molecular complexity index is 131. The highest BCUT2D eigenvalue weighted by Gasteiger charge is 2.04. The van der Waals surface area contributed by atoms with Gasteiger partial charge in [0.1, 0.15) is 0 Å². The summed E-state index contributed by atoms with van der Waals surface area (Å²) < 4.78 is 4.97. The molecule has 0 heterocycles. The quantitative estimate of drug-likeness (QED) is 0.561. The molecule has 0 saturated carbocycles. The molecule has 3 heteroatoms. The second-order valence-corrected chi connectivity index (χ2v) is 4.40. The predicted octanol–water partition coefficient (Wildman–Crippen LogP) is 1.59. The second kappa shape index (κ2) is 10.4. The van der Waals surface area contributed by atoms with E-state index in [0.29, 0.717) is 0 Å². The van der Waals surface area contributed by atoms with Crippen LogP contribution < -0.4 is 5.32 Å². The van der Waals surface area contributed by atoms with Crippen molar-refractivity contribution in [1.29, 1.82) is 0 Å². The van der Waals surface area contributed by atoms with Crippen molar-refractivity contribution in [2.45, 2.75) is 26.7 Å². The van der Waals surface area contributed by atoms with Gasteiger partial charge in [-0.05, 0) is 19.4 Å². The molecule has 0 fully saturated rings. The summed E-state index contributed by atoms with van der Waals surface area (Å²) in [5, 5.41) is 3.36. The lowest BCUT2D eigenvalue weighted by atomic mass is 10.1. The van der Waals surface area contributed by atoms with E-state index >= 15 is 0 Å². The predicted molar refractivity (Wildman–Crippen MR) is 66.3 cm³/mol. The molecule has 0 amide bonds. The van der Waals surface area contributed by atoms with Crippen LogP contribution in [-0.2, 0) is 4.74 Å². The largest absolute Gasteiger partial charge is 0.383 e. The van der Waals surface area contributed by atoms with Crippen LogP contribution in [0.2, 0.25) is 0 Å². The smallest absolute Gasteiger partial charge is 0.0587 e. The summed E-state index contributed by atoms with van der Waals surface area (Å²) in [5.74, 6) is 0.818. The number of hydrogen-bond donors (Lipinski definition) is 1. The highest BCUT2D eigenvalue weighted by atomic mass is 16.5. The molecule has 0 aromatic heterocycles. The van der Waals surface area contributed by atoms with Gasteiger partial charge in [0.15, 0.2) is 0 Å². The summed E-state index contributed by atoms with van der Waals surface area (Å²) >= 11 is 0. The van der Waals surface area contributed by atoms with Crippen LogP contribution in [0.15, 0.2) is 0 Å². The molecule has 0 aliphatic carbocycles. The first kappa shape index (κ1) is 14.9. The molecule has 0 aliphatic rings. The maximum Gasteiger partial charge on any atom is 0.0587 e. The Morgan fingerprint density at radius 1 is 1.33 bits per heavy atom. The van der Waals surface area contributed by atoms with Crippen molar-refractivity contribution in [3.63, 3.8) is 0 Å². The SMILES string of the molecule is CCCC(C)CN(C)CCNCCOC. The summed E-state index contributed by atoms with van der Waals surface area (Å²) in [7, 11) is 3.93. The van der Waals surface area contributed by atoms with Gasteiger partial charge in [0.05, 0.1) is 6.61 Å². The molecule has 0 rings (SSSR count).